The Bertz CT molecular complexity index is 578. The standard InChI is InChI=1S/C15H13NO2/c17-15-14-12(9-16-15)7-4-8-13(14)18-10-11-5-2-1-3-6-11/h1-8H,9-10H2,(H,16,17). The zero-order valence-corrected chi connectivity index (χ0v) is 9.85. The predicted octanol–water partition coefficient (Wildman–Crippen LogP) is 2.51. The van der Waals surface area contributed by atoms with Crippen LogP contribution in [0.5, 0.6) is 5.75 Å². The molecule has 90 valence electrons. The maximum Gasteiger partial charge on any atom is 0.255 e. The first-order valence-electron chi connectivity index (χ1n) is 5.91. The Morgan fingerprint density at radius 1 is 1.06 bits per heavy atom. The van der Waals surface area contributed by atoms with Gasteiger partial charge >= 0.3 is 0 Å². The fraction of sp³-hybridized carbons (Fsp3) is 0.133. The molecule has 0 bridgehead atoms. The maximum absolute atomic E-state index is 11.7. The van der Waals surface area contributed by atoms with E-state index in [1.54, 1.807) is 0 Å². The summed E-state index contributed by atoms with van der Waals surface area (Å²) < 4.78 is 5.74. The highest BCUT2D eigenvalue weighted by Gasteiger charge is 2.22. The number of carbonyl (C=O) groups is 1. The normalized spacial score (nSPS) is 13.0. The van der Waals surface area contributed by atoms with Crippen molar-refractivity contribution in [2.45, 2.75) is 13.2 Å². The summed E-state index contributed by atoms with van der Waals surface area (Å²) in [4.78, 5) is 11.7. The SMILES string of the molecule is O=C1NCc2cccc(OCc3ccccc3)c21. The molecule has 1 heterocycles. The van der Waals surface area contributed by atoms with E-state index in [1.165, 1.54) is 0 Å². The van der Waals surface area contributed by atoms with Gasteiger partial charge in [0.2, 0.25) is 0 Å². The number of nitrogens with one attached hydrogen (secondary N) is 1. The molecule has 0 unspecified atom stereocenters. The zero-order chi connectivity index (χ0) is 12.4. The molecule has 1 amide bonds. The first-order chi connectivity index (χ1) is 8.84. The summed E-state index contributed by atoms with van der Waals surface area (Å²) in [7, 11) is 0. The number of rotatable bonds is 3. The van der Waals surface area contributed by atoms with Gasteiger partial charge in [0, 0.05) is 6.54 Å². The second kappa shape index (κ2) is 4.53. The summed E-state index contributed by atoms with van der Waals surface area (Å²) in [6.45, 7) is 1.07. The maximum atomic E-state index is 11.7. The average molecular weight is 239 g/mol. The van der Waals surface area contributed by atoms with Crippen LogP contribution >= 0.6 is 0 Å². The van der Waals surface area contributed by atoms with E-state index in [0.29, 0.717) is 24.5 Å². The molecule has 0 spiro atoms. The van der Waals surface area contributed by atoms with Crippen molar-refractivity contribution in [3.05, 3.63) is 65.2 Å². The molecule has 3 rings (SSSR count). The van der Waals surface area contributed by atoms with Gasteiger partial charge in [0.15, 0.2) is 0 Å². The van der Waals surface area contributed by atoms with Crippen LogP contribution in [0, 0.1) is 0 Å². The van der Waals surface area contributed by atoms with Crippen LogP contribution in [-0.2, 0) is 13.2 Å². The number of hydrogen-bond acceptors (Lipinski definition) is 2. The van der Waals surface area contributed by atoms with E-state index < -0.39 is 0 Å². The lowest BCUT2D eigenvalue weighted by Crippen LogP contribution is -2.13. The van der Waals surface area contributed by atoms with Crippen molar-refractivity contribution in [2.24, 2.45) is 0 Å². The van der Waals surface area contributed by atoms with Gasteiger partial charge in [-0.25, -0.2) is 0 Å². The van der Waals surface area contributed by atoms with Crippen LogP contribution in [0.15, 0.2) is 48.5 Å². The lowest BCUT2D eigenvalue weighted by molar-refractivity contribution is 0.0962. The Kier molecular flexibility index (Phi) is 2.73. The first-order valence-corrected chi connectivity index (χ1v) is 5.91. The molecule has 1 aliphatic rings. The molecule has 0 saturated carbocycles. The summed E-state index contributed by atoms with van der Waals surface area (Å²) in [6.07, 6.45) is 0. The first kappa shape index (κ1) is 10.8. The minimum Gasteiger partial charge on any atom is -0.488 e. The van der Waals surface area contributed by atoms with E-state index in [2.05, 4.69) is 5.32 Å². The van der Waals surface area contributed by atoms with Crippen LogP contribution in [0.25, 0.3) is 0 Å². The molecule has 18 heavy (non-hydrogen) atoms. The summed E-state index contributed by atoms with van der Waals surface area (Å²) in [5.74, 6) is 0.611. The van der Waals surface area contributed by atoms with Gasteiger partial charge in [0.1, 0.15) is 12.4 Å². The molecular weight excluding hydrogens is 226 g/mol. The molecule has 0 aliphatic carbocycles. The molecule has 2 aromatic carbocycles. The molecular formula is C15H13NO2. The van der Waals surface area contributed by atoms with Gasteiger partial charge in [0.05, 0.1) is 5.56 Å². The summed E-state index contributed by atoms with van der Waals surface area (Å²) in [6, 6.07) is 15.6. The van der Waals surface area contributed by atoms with Gasteiger partial charge in [-0.15, -0.1) is 0 Å². The smallest absolute Gasteiger partial charge is 0.255 e. The van der Waals surface area contributed by atoms with Gasteiger partial charge in [0.25, 0.3) is 5.91 Å². The quantitative estimate of drug-likeness (QED) is 0.893. The van der Waals surface area contributed by atoms with Crippen molar-refractivity contribution in [1.29, 1.82) is 0 Å². The lowest BCUT2D eigenvalue weighted by Gasteiger charge is -2.09. The third-order valence-corrected chi connectivity index (χ3v) is 3.02. The molecule has 0 radical (unpaired) electrons. The van der Waals surface area contributed by atoms with E-state index in [1.807, 2.05) is 48.5 Å². The van der Waals surface area contributed by atoms with E-state index in [0.717, 1.165) is 11.1 Å². The monoisotopic (exact) mass is 239 g/mol. The largest absolute Gasteiger partial charge is 0.488 e. The second-order valence-electron chi connectivity index (χ2n) is 4.25. The van der Waals surface area contributed by atoms with Crippen molar-refractivity contribution < 1.29 is 9.53 Å². The van der Waals surface area contributed by atoms with Crippen LogP contribution in [0.1, 0.15) is 21.5 Å². The van der Waals surface area contributed by atoms with Crippen molar-refractivity contribution >= 4 is 5.91 Å². The summed E-state index contributed by atoms with van der Waals surface area (Å²) in [5, 5.41) is 2.80. The highest BCUT2D eigenvalue weighted by molar-refractivity contribution is 6.00. The third kappa shape index (κ3) is 1.95. The fourth-order valence-electron chi connectivity index (χ4n) is 2.10. The predicted molar refractivity (Wildman–Crippen MR) is 68.4 cm³/mol. The fourth-order valence-corrected chi connectivity index (χ4v) is 2.10. The van der Waals surface area contributed by atoms with Crippen LogP contribution < -0.4 is 10.1 Å². The Morgan fingerprint density at radius 3 is 2.72 bits per heavy atom. The van der Waals surface area contributed by atoms with Gasteiger partial charge in [-0.3, -0.25) is 4.79 Å². The number of carbonyl (C=O) groups excluding carboxylic acids is 1. The molecule has 1 aliphatic heterocycles. The van der Waals surface area contributed by atoms with Gasteiger partial charge < -0.3 is 10.1 Å². The third-order valence-electron chi connectivity index (χ3n) is 3.02. The molecule has 0 aromatic heterocycles. The number of benzene rings is 2. The number of fused-ring (bicyclic) bond motifs is 1. The molecule has 1 N–H and O–H groups in total. The minimum atomic E-state index is -0.0475. The van der Waals surface area contributed by atoms with E-state index in [4.69, 9.17) is 4.74 Å². The summed E-state index contributed by atoms with van der Waals surface area (Å²) >= 11 is 0. The summed E-state index contributed by atoms with van der Waals surface area (Å²) in [5.41, 5.74) is 2.77. The molecule has 0 saturated heterocycles. The Balaban J connectivity index is 1.82. The Labute approximate surface area is 105 Å². The molecule has 0 fully saturated rings. The average Bonchev–Trinajstić information content (AvgIpc) is 2.80. The van der Waals surface area contributed by atoms with Gasteiger partial charge in [-0.05, 0) is 17.2 Å². The van der Waals surface area contributed by atoms with Gasteiger partial charge in [-0.2, -0.15) is 0 Å². The van der Waals surface area contributed by atoms with Crippen molar-refractivity contribution in [3.8, 4) is 5.75 Å². The number of ether oxygens (including phenoxy) is 1. The Morgan fingerprint density at radius 2 is 1.89 bits per heavy atom. The highest BCUT2D eigenvalue weighted by atomic mass is 16.5. The number of amides is 1. The minimum absolute atomic E-state index is 0.0475. The molecule has 3 heteroatoms. The van der Waals surface area contributed by atoms with Gasteiger partial charge in [-0.1, -0.05) is 42.5 Å². The van der Waals surface area contributed by atoms with Crippen molar-refractivity contribution in [1.82, 2.24) is 5.32 Å². The van der Waals surface area contributed by atoms with Crippen LogP contribution in [-0.4, -0.2) is 5.91 Å². The van der Waals surface area contributed by atoms with E-state index >= 15 is 0 Å². The molecule has 0 atom stereocenters. The van der Waals surface area contributed by atoms with Crippen molar-refractivity contribution in [3.63, 3.8) is 0 Å². The van der Waals surface area contributed by atoms with E-state index in [9.17, 15) is 4.79 Å². The van der Waals surface area contributed by atoms with Crippen molar-refractivity contribution in [2.75, 3.05) is 0 Å². The topological polar surface area (TPSA) is 38.3 Å². The van der Waals surface area contributed by atoms with Crippen LogP contribution in [0.2, 0.25) is 0 Å². The zero-order valence-electron chi connectivity index (χ0n) is 9.85. The van der Waals surface area contributed by atoms with Crippen LogP contribution in [0.3, 0.4) is 0 Å². The molecule has 2 aromatic rings. The highest BCUT2D eigenvalue weighted by Crippen LogP contribution is 2.26. The lowest BCUT2D eigenvalue weighted by atomic mass is 10.1. The Hall–Kier alpha value is -2.29. The number of hydrogen-bond donors (Lipinski definition) is 1. The molecule has 3 nitrogen and oxygen atoms in total. The second-order valence-corrected chi connectivity index (χ2v) is 4.25. The van der Waals surface area contributed by atoms with Crippen LogP contribution in [0.4, 0.5) is 0 Å². The van der Waals surface area contributed by atoms with E-state index in [-0.39, 0.29) is 5.91 Å².